The molecule has 0 aliphatic carbocycles. The molecule has 0 spiro atoms. The van der Waals surface area contributed by atoms with Crippen LogP contribution in [0.2, 0.25) is 0 Å². The summed E-state index contributed by atoms with van der Waals surface area (Å²) in [7, 11) is 2.92. The van der Waals surface area contributed by atoms with Gasteiger partial charge in [-0.2, -0.15) is 0 Å². The molecule has 6 heteroatoms. The van der Waals surface area contributed by atoms with Crippen LogP contribution in [0.4, 0.5) is 0 Å². The van der Waals surface area contributed by atoms with Gasteiger partial charge >= 0.3 is 11.9 Å². The number of carboxylic acids is 2. The monoisotopic (exact) mass is 191 g/mol. The van der Waals surface area contributed by atoms with Crippen LogP contribution in [0, 0.1) is 0 Å². The predicted molar refractivity (Wildman–Crippen MR) is 43.4 cm³/mol. The van der Waals surface area contributed by atoms with E-state index in [0.717, 1.165) is 0 Å². The van der Waals surface area contributed by atoms with Gasteiger partial charge in [0.15, 0.2) is 0 Å². The number of rotatable bonds is 5. The minimum Gasteiger partial charge on any atom is -0.481 e. The first kappa shape index (κ1) is 11.9. The Balaban J connectivity index is 4.37. The molecule has 0 bridgehead atoms. The maximum absolute atomic E-state index is 10.6. The summed E-state index contributed by atoms with van der Waals surface area (Å²) in [4.78, 5) is 22.0. The van der Waals surface area contributed by atoms with Gasteiger partial charge in [-0.3, -0.25) is 14.5 Å². The van der Waals surface area contributed by atoms with E-state index in [9.17, 15) is 14.7 Å². The van der Waals surface area contributed by atoms with E-state index in [4.69, 9.17) is 10.2 Å². The van der Waals surface area contributed by atoms with Crippen LogP contribution in [0.3, 0.4) is 0 Å². The molecular weight excluding hydrogens is 178 g/mol. The average molecular weight is 191 g/mol. The second kappa shape index (κ2) is 4.78. The Labute approximate surface area is 75.4 Å². The zero-order valence-corrected chi connectivity index (χ0v) is 7.47. The second-order valence-electron chi connectivity index (χ2n) is 2.91. The molecule has 0 saturated carbocycles. The first-order valence-corrected chi connectivity index (χ1v) is 3.65. The zero-order valence-electron chi connectivity index (χ0n) is 7.47. The molecule has 2 atom stereocenters. The molecule has 0 aromatic rings. The first-order chi connectivity index (χ1) is 5.86. The minimum absolute atomic E-state index is 0.574. The van der Waals surface area contributed by atoms with Gasteiger partial charge in [-0.1, -0.05) is 0 Å². The van der Waals surface area contributed by atoms with Crippen molar-refractivity contribution in [3.8, 4) is 0 Å². The van der Waals surface area contributed by atoms with E-state index in [0.29, 0.717) is 0 Å². The van der Waals surface area contributed by atoms with Gasteiger partial charge < -0.3 is 15.3 Å². The Morgan fingerprint density at radius 1 is 1.31 bits per heavy atom. The van der Waals surface area contributed by atoms with Crippen LogP contribution in [0.15, 0.2) is 0 Å². The largest absolute Gasteiger partial charge is 0.481 e. The summed E-state index contributed by atoms with van der Waals surface area (Å²) in [6.45, 7) is 0. The van der Waals surface area contributed by atoms with E-state index in [2.05, 4.69) is 0 Å². The lowest BCUT2D eigenvalue weighted by molar-refractivity contribution is -0.149. The van der Waals surface area contributed by atoms with Crippen LogP contribution in [-0.2, 0) is 9.59 Å². The molecule has 0 aromatic carbocycles. The smallest absolute Gasteiger partial charge is 0.323 e. The van der Waals surface area contributed by atoms with Crippen molar-refractivity contribution in [2.24, 2.45) is 0 Å². The van der Waals surface area contributed by atoms with Gasteiger partial charge in [0.1, 0.15) is 6.04 Å². The molecule has 0 amide bonds. The normalized spacial score (nSPS) is 15.4. The highest BCUT2D eigenvalue weighted by atomic mass is 16.4. The van der Waals surface area contributed by atoms with E-state index >= 15 is 0 Å². The fraction of sp³-hybridized carbons (Fsp3) is 0.714. The minimum atomic E-state index is -1.40. The quantitative estimate of drug-likeness (QED) is 0.507. The van der Waals surface area contributed by atoms with Gasteiger partial charge in [0.25, 0.3) is 0 Å². The molecule has 3 N–H and O–H groups in total. The first-order valence-electron chi connectivity index (χ1n) is 3.65. The van der Waals surface area contributed by atoms with Gasteiger partial charge in [-0.15, -0.1) is 0 Å². The molecule has 76 valence electrons. The number of carbonyl (C=O) groups is 2. The Morgan fingerprint density at radius 2 is 1.77 bits per heavy atom. The topological polar surface area (TPSA) is 98.1 Å². The van der Waals surface area contributed by atoms with Crippen LogP contribution in [-0.4, -0.2) is 58.4 Å². The summed E-state index contributed by atoms with van der Waals surface area (Å²) in [5.41, 5.74) is 0. The molecular formula is C7H13NO5. The van der Waals surface area contributed by atoms with Gasteiger partial charge in [0.2, 0.25) is 0 Å². The molecule has 0 heterocycles. The molecule has 6 nitrogen and oxygen atoms in total. The summed E-state index contributed by atoms with van der Waals surface area (Å²) in [5, 5.41) is 26.2. The Morgan fingerprint density at radius 3 is 2.00 bits per heavy atom. The van der Waals surface area contributed by atoms with Crippen LogP contribution in [0.1, 0.15) is 6.42 Å². The van der Waals surface area contributed by atoms with Crippen LogP contribution in [0.5, 0.6) is 0 Å². The van der Waals surface area contributed by atoms with Gasteiger partial charge in [-0.05, 0) is 14.1 Å². The van der Waals surface area contributed by atoms with E-state index in [1.54, 1.807) is 0 Å². The Hall–Kier alpha value is -1.14. The molecule has 0 radical (unpaired) electrons. The van der Waals surface area contributed by atoms with Crippen molar-refractivity contribution in [2.45, 2.75) is 18.6 Å². The highest BCUT2D eigenvalue weighted by Crippen LogP contribution is 2.05. The molecule has 0 fully saturated rings. The summed E-state index contributed by atoms with van der Waals surface area (Å²) < 4.78 is 0. The van der Waals surface area contributed by atoms with Crippen molar-refractivity contribution in [3.63, 3.8) is 0 Å². The van der Waals surface area contributed by atoms with Crippen molar-refractivity contribution in [3.05, 3.63) is 0 Å². The Kier molecular flexibility index (Phi) is 4.36. The third-order valence-electron chi connectivity index (χ3n) is 1.56. The molecule has 0 aromatic heterocycles. The van der Waals surface area contributed by atoms with Crippen LogP contribution >= 0.6 is 0 Å². The number of aliphatic carboxylic acids is 2. The van der Waals surface area contributed by atoms with Crippen molar-refractivity contribution in [1.82, 2.24) is 4.90 Å². The number of carboxylic acid groups (broad SMARTS) is 2. The molecule has 2 unspecified atom stereocenters. The summed E-state index contributed by atoms with van der Waals surface area (Å²) >= 11 is 0. The van der Waals surface area contributed by atoms with E-state index < -0.39 is 30.5 Å². The number of likely N-dealkylation sites (N-methyl/N-ethyl adjacent to an activating group) is 1. The third kappa shape index (κ3) is 3.86. The number of hydrogen-bond acceptors (Lipinski definition) is 4. The Bertz CT molecular complexity index is 203. The van der Waals surface area contributed by atoms with E-state index in [1.165, 1.54) is 19.0 Å². The van der Waals surface area contributed by atoms with Gasteiger partial charge in [0.05, 0.1) is 12.5 Å². The summed E-state index contributed by atoms with van der Waals surface area (Å²) in [6.07, 6.45) is -1.97. The van der Waals surface area contributed by atoms with Crippen molar-refractivity contribution in [2.75, 3.05) is 14.1 Å². The van der Waals surface area contributed by atoms with Crippen molar-refractivity contribution >= 4 is 11.9 Å². The standard InChI is InChI=1S/C7H13NO5/c1-8(2)6(7(12)13)4(9)3-5(10)11/h4,6,9H,3H2,1-2H3,(H,10,11)(H,12,13). The molecule has 0 aliphatic rings. The average Bonchev–Trinajstić information content (AvgIpc) is 1.81. The second-order valence-corrected chi connectivity index (χ2v) is 2.91. The molecule has 13 heavy (non-hydrogen) atoms. The highest BCUT2D eigenvalue weighted by molar-refractivity contribution is 5.76. The van der Waals surface area contributed by atoms with Crippen LogP contribution in [0.25, 0.3) is 0 Å². The fourth-order valence-electron chi connectivity index (χ4n) is 1.02. The lowest BCUT2D eigenvalue weighted by Gasteiger charge is -2.23. The van der Waals surface area contributed by atoms with E-state index in [-0.39, 0.29) is 0 Å². The van der Waals surface area contributed by atoms with Crippen molar-refractivity contribution in [1.29, 1.82) is 0 Å². The lowest BCUT2D eigenvalue weighted by atomic mass is 10.1. The van der Waals surface area contributed by atoms with Crippen LogP contribution < -0.4 is 0 Å². The van der Waals surface area contributed by atoms with E-state index in [1.807, 2.05) is 0 Å². The number of aliphatic hydroxyl groups is 1. The SMILES string of the molecule is CN(C)C(C(=O)O)C(O)CC(=O)O. The van der Waals surface area contributed by atoms with Gasteiger partial charge in [0, 0.05) is 0 Å². The molecule has 0 saturated heterocycles. The number of aliphatic hydroxyl groups excluding tert-OH is 1. The maximum Gasteiger partial charge on any atom is 0.323 e. The fourth-order valence-corrected chi connectivity index (χ4v) is 1.02. The predicted octanol–water partition coefficient (Wildman–Crippen LogP) is -1.16. The number of nitrogens with zero attached hydrogens (tertiary/aromatic N) is 1. The lowest BCUT2D eigenvalue weighted by Crippen LogP contribution is -2.46. The molecule has 0 rings (SSSR count). The summed E-state index contributed by atoms with van der Waals surface area (Å²) in [6, 6.07) is -1.18. The van der Waals surface area contributed by atoms with Gasteiger partial charge in [-0.25, -0.2) is 0 Å². The number of hydrogen-bond donors (Lipinski definition) is 3. The maximum atomic E-state index is 10.6. The highest BCUT2D eigenvalue weighted by Gasteiger charge is 2.29. The molecule has 0 aliphatic heterocycles. The zero-order chi connectivity index (χ0) is 10.6. The third-order valence-corrected chi connectivity index (χ3v) is 1.56. The van der Waals surface area contributed by atoms with Crippen molar-refractivity contribution < 1.29 is 24.9 Å². The summed E-state index contributed by atoms with van der Waals surface area (Å²) in [5.74, 6) is -2.46.